The van der Waals surface area contributed by atoms with Crippen LogP contribution < -0.4 is 4.90 Å². The first-order valence-corrected chi connectivity index (χ1v) is 13.0. The largest absolute Gasteiger partial charge is 0.459 e. The molecule has 1 aliphatic carbocycles. The molecule has 3 aromatic rings. The second-order valence-corrected chi connectivity index (χ2v) is 10.9. The van der Waals surface area contributed by atoms with Crippen LogP contribution >= 0.6 is 11.6 Å². The number of carbonyl (C=O) groups excluding carboxylic acids is 2. The van der Waals surface area contributed by atoms with Gasteiger partial charge in [0.1, 0.15) is 5.60 Å². The van der Waals surface area contributed by atoms with Crippen LogP contribution in [0.15, 0.2) is 78.9 Å². The number of hydrogen-bond donors (Lipinski definition) is 0. The van der Waals surface area contributed by atoms with Crippen molar-refractivity contribution in [2.24, 2.45) is 5.92 Å². The van der Waals surface area contributed by atoms with Crippen molar-refractivity contribution < 1.29 is 14.3 Å². The van der Waals surface area contributed by atoms with E-state index >= 15 is 0 Å². The monoisotopic (exact) mass is 503 g/mol. The first-order valence-electron chi connectivity index (χ1n) is 12.7. The van der Waals surface area contributed by atoms with Gasteiger partial charge in [-0.15, -0.1) is 0 Å². The second-order valence-electron chi connectivity index (χ2n) is 10.5. The molecule has 36 heavy (non-hydrogen) atoms. The molecule has 5 heteroatoms. The molecule has 1 aliphatic rings. The van der Waals surface area contributed by atoms with E-state index in [-0.39, 0.29) is 17.8 Å². The number of benzene rings is 3. The number of esters is 1. The van der Waals surface area contributed by atoms with E-state index < -0.39 is 5.60 Å². The lowest BCUT2D eigenvalue weighted by Crippen LogP contribution is -2.31. The molecule has 1 saturated carbocycles. The van der Waals surface area contributed by atoms with E-state index in [1.54, 1.807) is 17.0 Å². The minimum Gasteiger partial charge on any atom is -0.459 e. The summed E-state index contributed by atoms with van der Waals surface area (Å²) in [6, 6.07) is 24.8. The van der Waals surface area contributed by atoms with Crippen LogP contribution in [0.1, 0.15) is 73.9 Å². The lowest BCUT2D eigenvalue weighted by molar-refractivity contribution is -0.158. The zero-order chi connectivity index (χ0) is 25.7. The summed E-state index contributed by atoms with van der Waals surface area (Å²) in [5.41, 5.74) is 2.68. The van der Waals surface area contributed by atoms with Gasteiger partial charge in [-0.05, 0) is 74.9 Å². The molecule has 1 fully saturated rings. The van der Waals surface area contributed by atoms with Crippen molar-refractivity contribution in [2.75, 3.05) is 4.90 Å². The lowest BCUT2D eigenvalue weighted by Gasteiger charge is -2.28. The fraction of sp³-hybridized carbons (Fsp3) is 0.355. The van der Waals surface area contributed by atoms with Crippen LogP contribution in [0.5, 0.6) is 0 Å². The van der Waals surface area contributed by atoms with Crippen molar-refractivity contribution in [2.45, 2.75) is 64.5 Å². The molecule has 0 heterocycles. The van der Waals surface area contributed by atoms with Gasteiger partial charge in [-0.2, -0.15) is 0 Å². The molecular formula is C31H34ClNO3. The quantitative estimate of drug-likeness (QED) is 0.309. The molecule has 4 nitrogen and oxygen atoms in total. The number of rotatable bonds is 7. The summed E-state index contributed by atoms with van der Waals surface area (Å²) in [4.78, 5) is 28.4. The smallest absolute Gasteiger partial charge is 0.314 e. The molecule has 0 bridgehead atoms. The van der Waals surface area contributed by atoms with E-state index in [0.717, 1.165) is 42.5 Å². The molecule has 188 valence electrons. The minimum atomic E-state index is -0.525. The fourth-order valence-electron chi connectivity index (χ4n) is 4.94. The second kappa shape index (κ2) is 11.3. The van der Waals surface area contributed by atoms with E-state index in [1.165, 1.54) is 0 Å². The maximum absolute atomic E-state index is 13.5. The Kier molecular flexibility index (Phi) is 8.15. The molecule has 0 N–H and O–H groups in total. The summed E-state index contributed by atoms with van der Waals surface area (Å²) in [6.07, 6.45) is 4.38. The predicted octanol–water partition coefficient (Wildman–Crippen LogP) is 7.80. The van der Waals surface area contributed by atoms with Crippen LogP contribution in [-0.4, -0.2) is 17.5 Å². The highest BCUT2D eigenvalue weighted by atomic mass is 35.5. The van der Waals surface area contributed by atoms with Gasteiger partial charge in [-0.1, -0.05) is 79.0 Å². The summed E-state index contributed by atoms with van der Waals surface area (Å²) >= 11 is 6.36. The number of hydrogen-bond acceptors (Lipinski definition) is 3. The third-order valence-electron chi connectivity index (χ3n) is 6.63. The van der Waals surface area contributed by atoms with Crippen LogP contribution in [0, 0.1) is 5.92 Å². The van der Waals surface area contributed by atoms with Crippen molar-refractivity contribution in [3.63, 3.8) is 0 Å². The number of nitrogens with zero attached hydrogens (tertiary/aromatic N) is 1. The molecule has 0 radical (unpaired) electrons. The number of para-hydroxylation sites is 1. The van der Waals surface area contributed by atoms with Gasteiger partial charge in [0.25, 0.3) is 5.91 Å². The molecule has 1 atom stereocenters. The Balaban J connectivity index is 1.60. The van der Waals surface area contributed by atoms with E-state index in [1.807, 2.05) is 87.5 Å². The van der Waals surface area contributed by atoms with Gasteiger partial charge in [-0.25, -0.2) is 0 Å². The van der Waals surface area contributed by atoms with Gasteiger partial charge < -0.3 is 9.64 Å². The first-order chi connectivity index (χ1) is 17.2. The average molecular weight is 504 g/mol. The molecule has 0 aromatic heterocycles. The van der Waals surface area contributed by atoms with Crippen molar-refractivity contribution in [3.05, 3.63) is 101 Å². The zero-order valence-electron chi connectivity index (χ0n) is 21.2. The molecule has 0 aliphatic heterocycles. The van der Waals surface area contributed by atoms with Gasteiger partial charge in [0, 0.05) is 5.69 Å². The molecule has 3 aromatic carbocycles. The summed E-state index contributed by atoms with van der Waals surface area (Å²) in [5.74, 6) is -0.278. The number of carbonyl (C=O) groups is 2. The van der Waals surface area contributed by atoms with Gasteiger partial charge in [0.05, 0.1) is 23.0 Å². The Hall–Kier alpha value is -3.11. The maximum Gasteiger partial charge on any atom is 0.314 e. The summed E-state index contributed by atoms with van der Waals surface area (Å²) in [5, 5.41) is 0.426. The third kappa shape index (κ3) is 6.36. The average Bonchev–Trinajstić information content (AvgIpc) is 3.37. The van der Waals surface area contributed by atoms with Crippen molar-refractivity contribution in [3.8, 4) is 0 Å². The van der Waals surface area contributed by atoms with E-state index in [2.05, 4.69) is 0 Å². The van der Waals surface area contributed by atoms with Crippen LogP contribution in [-0.2, 0) is 16.1 Å². The highest BCUT2D eigenvalue weighted by molar-refractivity contribution is 6.34. The normalized spacial score (nSPS) is 14.9. The number of amides is 1. The Morgan fingerprint density at radius 2 is 1.53 bits per heavy atom. The summed E-state index contributed by atoms with van der Waals surface area (Å²) < 4.78 is 5.81. The van der Waals surface area contributed by atoms with E-state index in [4.69, 9.17) is 16.3 Å². The maximum atomic E-state index is 13.5. The summed E-state index contributed by atoms with van der Waals surface area (Å²) in [7, 11) is 0. The van der Waals surface area contributed by atoms with Crippen LogP contribution in [0.25, 0.3) is 0 Å². The Morgan fingerprint density at radius 1 is 0.917 bits per heavy atom. The van der Waals surface area contributed by atoms with Gasteiger partial charge in [-0.3, -0.25) is 9.59 Å². The molecule has 1 amide bonds. The topological polar surface area (TPSA) is 46.6 Å². The number of ether oxygens (including phenoxy) is 1. The Labute approximate surface area is 219 Å². The third-order valence-corrected chi connectivity index (χ3v) is 6.96. The zero-order valence-corrected chi connectivity index (χ0v) is 22.0. The number of anilines is 1. The first kappa shape index (κ1) is 26.0. The standard InChI is InChI=1S/C31H34ClNO3/c1-31(2,3)36-30(35)28(23-11-7-8-12-23)24-19-17-22(18-20-24)21-33(25-13-5-4-6-14-25)29(34)26-15-9-10-16-27(26)32/h4-6,9-10,13-20,23,28H,7-8,11-12,21H2,1-3H3. The van der Waals surface area contributed by atoms with Crippen LogP contribution in [0.2, 0.25) is 5.02 Å². The van der Waals surface area contributed by atoms with E-state index in [9.17, 15) is 9.59 Å². The molecular weight excluding hydrogens is 470 g/mol. The van der Waals surface area contributed by atoms with E-state index in [0.29, 0.717) is 23.0 Å². The number of halogens is 1. The lowest BCUT2D eigenvalue weighted by atomic mass is 9.84. The molecule has 0 spiro atoms. The van der Waals surface area contributed by atoms with Gasteiger partial charge in [0.2, 0.25) is 0 Å². The Bertz CT molecular complexity index is 1180. The Morgan fingerprint density at radius 3 is 2.14 bits per heavy atom. The van der Waals surface area contributed by atoms with Crippen molar-refractivity contribution in [1.82, 2.24) is 0 Å². The highest BCUT2D eigenvalue weighted by Gasteiger charge is 2.35. The fourth-order valence-corrected chi connectivity index (χ4v) is 5.15. The summed E-state index contributed by atoms with van der Waals surface area (Å²) in [6.45, 7) is 6.12. The molecule has 0 saturated heterocycles. The van der Waals surface area contributed by atoms with Crippen molar-refractivity contribution in [1.29, 1.82) is 0 Å². The van der Waals surface area contributed by atoms with Crippen molar-refractivity contribution >= 4 is 29.2 Å². The minimum absolute atomic E-state index is 0.151. The SMILES string of the molecule is CC(C)(C)OC(=O)C(c1ccc(CN(C(=O)c2ccccc2Cl)c2ccccc2)cc1)C1CCCC1. The highest BCUT2D eigenvalue weighted by Crippen LogP contribution is 2.39. The van der Waals surface area contributed by atoms with Gasteiger partial charge >= 0.3 is 5.97 Å². The van der Waals surface area contributed by atoms with Gasteiger partial charge in [0.15, 0.2) is 0 Å². The predicted molar refractivity (Wildman–Crippen MR) is 145 cm³/mol. The molecule has 4 rings (SSSR count). The molecule has 1 unspecified atom stereocenters. The van der Waals surface area contributed by atoms with Crippen LogP contribution in [0.4, 0.5) is 5.69 Å². The van der Waals surface area contributed by atoms with Crippen LogP contribution in [0.3, 0.4) is 0 Å².